The highest BCUT2D eigenvalue weighted by atomic mass is 35.5. The Morgan fingerprint density at radius 3 is 2.44 bits per heavy atom. The molecule has 1 aliphatic carbocycles. The summed E-state index contributed by atoms with van der Waals surface area (Å²) in [5, 5.41) is 11.7. The van der Waals surface area contributed by atoms with Gasteiger partial charge in [-0.3, -0.25) is 0 Å². The maximum Gasteiger partial charge on any atom is 0.407 e. The van der Waals surface area contributed by atoms with Crippen LogP contribution < -0.4 is 5.32 Å². The molecule has 2 atom stereocenters. The van der Waals surface area contributed by atoms with Crippen molar-refractivity contribution in [1.29, 1.82) is 0 Å². The predicted octanol–water partition coefficient (Wildman–Crippen LogP) is 2.07. The summed E-state index contributed by atoms with van der Waals surface area (Å²) in [4.78, 5) is 11.4. The van der Waals surface area contributed by atoms with Gasteiger partial charge in [-0.25, -0.2) is 4.79 Å². The summed E-state index contributed by atoms with van der Waals surface area (Å²) in [5.41, 5.74) is -0.563. The molecule has 0 bridgehead atoms. The highest BCUT2D eigenvalue weighted by Gasteiger charge is 2.56. The summed E-state index contributed by atoms with van der Waals surface area (Å²) in [6, 6.07) is -0.454. The van der Waals surface area contributed by atoms with Crippen LogP contribution in [0.1, 0.15) is 27.2 Å². The molecule has 2 N–H and O–H groups in total. The standard InChI is InChI=1S/C10H17Cl2NO3/c1-9(2,3)16-8(15)13-7(5-14)6-4-10(6,11)12/h6-7,14H,4-5H2,1-3H3,(H,13,15)/t6-,7+/m1/s1. The number of rotatable bonds is 3. The molecule has 0 aromatic heterocycles. The van der Waals surface area contributed by atoms with Crippen molar-refractivity contribution in [3.63, 3.8) is 0 Å². The first-order chi connectivity index (χ1) is 7.15. The number of amides is 1. The molecule has 0 spiro atoms. The Kier molecular flexibility index (Phi) is 3.98. The van der Waals surface area contributed by atoms with E-state index in [4.69, 9.17) is 33.0 Å². The SMILES string of the molecule is CC(C)(C)OC(=O)N[C@@H](CO)[C@H]1CC1(Cl)Cl. The molecule has 1 rings (SSSR count). The third-order valence-electron chi connectivity index (χ3n) is 2.26. The van der Waals surface area contributed by atoms with Gasteiger partial charge in [0.1, 0.15) is 9.93 Å². The van der Waals surface area contributed by atoms with Gasteiger partial charge in [-0.15, -0.1) is 23.2 Å². The van der Waals surface area contributed by atoms with Gasteiger partial charge in [-0.05, 0) is 27.2 Å². The molecule has 0 radical (unpaired) electrons. The number of carbonyl (C=O) groups excluding carboxylic acids is 1. The average Bonchev–Trinajstić information content (AvgIpc) is 2.67. The summed E-state index contributed by atoms with van der Waals surface area (Å²) in [5.74, 6) is -0.117. The average molecular weight is 270 g/mol. The van der Waals surface area contributed by atoms with E-state index < -0.39 is 22.1 Å². The molecule has 0 aromatic rings. The molecule has 94 valence electrons. The van der Waals surface area contributed by atoms with Crippen LogP contribution in [0.3, 0.4) is 0 Å². The van der Waals surface area contributed by atoms with E-state index in [2.05, 4.69) is 5.32 Å². The number of aliphatic hydroxyl groups excluding tert-OH is 1. The third-order valence-corrected chi connectivity index (χ3v) is 3.13. The number of ether oxygens (including phenoxy) is 1. The van der Waals surface area contributed by atoms with Crippen molar-refractivity contribution < 1.29 is 14.6 Å². The lowest BCUT2D eigenvalue weighted by Gasteiger charge is -2.23. The first-order valence-electron chi connectivity index (χ1n) is 5.14. The first-order valence-corrected chi connectivity index (χ1v) is 5.89. The van der Waals surface area contributed by atoms with Crippen LogP contribution in [0.4, 0.5) is 4.79 Å². The van der Waals surface area contributed by atoms with Gasteiger partial charge < -0.3 is 15.2 Å². The van der Waals surface area contributed by atoms with E-state index in [1.165, 1.54) is 0 Å². The monoisotopic (exact) mass is 269 g/mol. The van der Waals surface area contributed by atoms with E-state index in [9.17, 15) is 4.79 Å². The molecule has 0 heterocycles. The van der Waals surface area contributed by atoms with E-state index in [1.807, 2.05) is 0 Å². The molecule has 1 saturated carbocycles. The van der Waals surface area contributed by atoms with Gasteiger partial charge in [0.15, 0.2) is 0 Å². The summed E-state index contributed by atoms with van der Waals surface area (Å²) in [6.07, 6.45) is -0.000450. The molecule has 0 saturated heterocycles. The number of nitrogens with one attached hydrogen (secondary N) is 1. The number of aliphatic hydroxyl groups is 1. The molecule has 1 fully saturated rings. The molecule has 1 amide bonds. The zero-order valence-corrected chi connectivity index (χ0v) is 11.1. The number of hydrogen-bond acceptors (Lipinski definition) is 3. The summed E-state index contributed by atoms with van der Waals surface area (Å²) < 4.78 is 4.24. The number of carbonyl (C=O) groups is 1. The van der Waals surface area contributed by atoms with Crippen LogP contribution in [0.5, 0.6) is 0 Å². The van der Waals surface area contributed by atoms with Crippen LogP contribution in [0, 0.1) is 5.92 Å². The number of halogens is 2. The maximum atomic E-state index is 11.4. The van der Waals surface area contributed by atoms with Crippen molar-refractivity contribution in [3.8, 4) is 0 Å². The van der Waals surface area contributed by atoms with Crippen molar-refractivity contribution in [2.45, 2.75) is 43.2 Å². The Labute approximate surface area is 105 Å². The second-order valence-electron chi connectivity index (χ2n) is 5.01. The van der Waals surface area contributed by atoms with Gasteiger partial charge in [0.2, 0.25) is 0 Å². The van der Waals surface area contributed by atoms with Gasteiger partial charge in [0, 0.05) is 5.92 Å². The van der Waals surface area contributed by atoms with Crippen LogP contribution >= 0.6 is 23.2 Å². The topological polar surface area (TPSA) is 58.6 Å². The zero-order valence-electron chi connectivity index (χ0n) is 9.59. The fourth-order valence-corrected chi connectivity index (χ4v) is 2.04. The van der Waals surface area contributed by atoms with Crippen molar-refractivity contribution >= 4 is 29.3 Å². The summed E-state index contributed by atoms with van der Waals surface area (Å²) in [7, 11) is 0. The highest BCUT2D eigenvalue weighted by molar-refractivity contribution is 6.50. The lowest BCUT2D eigenvalue weighted by molar-refractivity contribution is 0.0473. The largest absolute Gasteiger partial charge is 0.444 e. The lowest BCUT2D eigenvalue weighted by atomic mass is 10.2. The van der Waals surface area contributed by atoms with Crippen molar-refractivity contribution in [3.05, 3.63) is 0 Å². The highest BCUT2D eigenvalue weighted by Crippen LogP contribution is 2.54. The Bertz CT molecular complexity index is 276. The van der Waals surface area contributed by atoms with E-state index in [0.717, 1.165) is 0 Å². The van der Waals surface area contributed by atoms with Crippen LogP contribution in [-0.2, 0) is 4.74 Å². The van der Waals surface area contributed by atoms with E-state index in [-0.39, 0.29) is 12.5 Å². The van der Waals surface area contributed by atoms with Gasteiger partial charge >= 0.3 is 6.09 Å². The van der Waals surface area contributed by atoms with E-state index in [0.29, 0.717) is 6.42 Å². The zero-order chi connectivity index (χ0) is 12.6. The minimum absolute atomic E-state index is 0.117. The minimum Gasteiger partial charge on any atom is -0.444 e. The molecular weight excluding hydrogens is 253 g/mol. The molecule has 4 nitrogen and oxygen atoms in total. The molecule has 16 heavy (non-hydrogen) atoms. The van der Waals surface area contributed by atoms with Crippen molar-refractivity contribution in [2.75, 3.05) is 6.61 Å². The molecule has 1 aliphatic rings. The quantitative estimate of drug-likeness (QED) is 0.772. The van der Waals surface area contributed by atoms with E-state index in [1.54, 1.807) is 20.8 Å². The molecule has 0 aromatic carbocycles. The Morgan fingerprint density at radius 2 is 2.12 bits per heavy atom. The number of alkyl halides is 2. The van der Waals surface area contributed by atoms with Crippen LogP contribution in [0.2, 0.25) is 0 Å². The fraction of sp³-hybridized carbons (Fsp3) is 0.900. The molecular formula is C10H17Cl2NO3. The Morgan fingerprint density at radius 1 is 1.62 bits per heavy atom. The molecule has 6 heteroatoms. The van der Waals surface area contributed by atoms with Crippen LogP contribution in [0.25, 0.3) is 0 Å². The maximum absolute atomic E-state index is 11.4. The van der Waals surface area contributed by atoms with Crippen LogP contribution in [-0.4, -0.2) is 33.8 Å². The molecule has 0 unspecified atom stereocenters. The van der Waals surface area contributed by atoms with Gasteiger partial charge in [-0.2, -0.15) is 0 Å². The van der Waals surface area contributed by atoms with Crippen LogP contribution in [0.15, 0.2) is 0 Å². The van der Waals surface area contributed by atoms with Gasteiger partial charge in [0.25, 0.3) is 0 Å². The second kappa shape index (κ2) is 4.59. The summed E-state index contributed by atoms with van der Waals surface area (Å²) in [6.45, 7) is 5.10. The lowest BCUT2D eigenvalue weighted by Crippen LogP contribution is -2.43. The molecule has 0 aliphatic heterocycles. The summed E-state index contributed by atoms with van der Waals surface area (Å²) >= 11 is 11.7. The second-order valence-corrected chi connectivity index (χ2v) is 6.55. The van der Waals surface area contributed by atoms with Gasteiger partial charge in [-0.1, -0.05) is 0 Å². The first kappa shape index (κ1) is 13.9. The fourth-order valence-electron chi connectivity index (χ4n) is 1.40. The predicted molar refractivity (Wildman–Crippen MR) is 62.8 cm³/mol. The van der Waals surface area contributed by atoms with Crippen molar-refractivity contribution in [2.24, 2.45) is 5.92 Å². The Hall–Kier alpha value is -0.190. The third kappa shape index (κ3) is 4.00. The number of alkyl carbamates (subject to hydrolysis) is 1. The van der Waals surface area contributed by atoms with E-state index >= 15 is 0 Å². The van der Waals surface area contributed by atoms with Crippen molar-refractivity contribution in [1.82, 2.24) is 5.32 Å². The minimum atomic E-state index is -0.831. The number of hydrogen-bond donors (Lipinski definition) is 2. The Balaban J connectivity index is 2.43. The van der Waals surface area contributed by atoms with Gasteiger partial charge in [0.05, 0.1) is 12.6 Å². The smallest absolute Gasteiger partial charge is 0.407 e. The normalized spacial score (nSPS) is 24.8.